The monoisotopic (exact) mass is 494 g/mol. The Kier molecular flexibility index (Phi) is 9.20. The Morgan fingerprint density at radius 3 is 1.94 bits per heavy atom. The van der Waals surface area contributed by atoms with Crippen molar-refractivity contribution in [2.75, 3.05) is 6.61 Å². The summed E-state index contributed by atoms with van der Waals surface area (Å²) in [5.74, 6) is 0.148. The summed E-state index contributed by atoms with van der Waals surface area (Å²) in [4.78, 5) is 0. The predicted octanol–water partition coefficient (Wildman–Crippen LogP) is 7.98. The van der Waals surface area contributed by atoms with Crippen LogP contribution in [0.15, 0.2) is 0 Å². The van der Waals surface area contributed by atoms with Gasteiger partial charge in [0.25, 0.3) is 0 Å². The van der Waals surface area contributed by atoms with Crippen LogP contribution in [0.4, 0.5) is 22.0 Å². The number of ether oxygens (including phenoxy) is 2. The van der Waals surface area contributed by atoms with Crippen LogP contribution >= 0.6 is 0 Å². The van der Waals surface area contributed by atoms with Crippen molar-refractivity contribution in [1.29, 1.82) is 0 Å². The third-order valence-electron chi connectivity index (χ3n) is 9.33. The summed E-state index contributed by atoms with van der Waals surface area (Å²) in [5, 5.41) is 0. The molecule has 0 amide bonds. The molecule has 0 N–H and O–H groups in total. The zero-order valence-corrected chi connectivity index (χ0v) is 20.6. The topological polar surface area (TPSA) is 18.5 Å². The first-order valence-electron chi connectivity index (χ1n) is 13.9. The molecule has 4 aliphatic rings. The van der Waals surface area contributed by atoms with Gasteiger partial charge in [0.05, 0.1) is 18.1 Å². The number of hydrogen-bond acceptors (Lipinski definition) is 2. The van der Waals surface area contributed by atoms with Crippen LogP contribution in [-0.4, -0.2) is 43.4 Å². The van der Waals surface area contributed by atoms with E-state index in [1.165, 1.54) is 19.3 Å². The van der Waals surface area contributed by atoms with Gasteiger partial charge in [-0.2, -0.15) is 8.78 Å². The molecule has 3 aliphatic carbocycles. The molecule has 4 unspecified atom stereocenters. The molecule has 0 aromatic rings. The molecule has 4 rings (SSSR count). The SMILES string of the molecule is CCCC1CCC(C2CCC(C(F)(F)OC3CCC(C4CC(F)C(F)C(F)C4)CC3)CC2)OC1. The minimum atomic E-state index is -3.14. The molecule has 198 valence electrons. The first-order valence-corrected chi connectivity index (χ1v) is 13.9. The lowest BCUT2D eigenvalue weighted by Crippen LogP contribution is -2.42. The second kappa shape index (κ2) is 11.7. The molecule has 3 saturated carbocycles. The van der Waals surface area contributed by atoms with Gasteiger partial charge in [-0.1, -0.05) is 13.3 Å². The van der Waals surface area contributed by atoms with E-state index in [9.17, 15) is 13.2 Å². The Morgan fingerprint density at radius 1 is 0.765 bits per heavy atom. The van der Waals surface area contributed by atoms with Crippen molar-refractivity contribution in [2.24, 2.45) is 29.6 Å². The highest BCUT2D eigenvalue weighted by Gasteiger charge is 2.47. The standard InChI is InChI=1S/C27H43F5O2/c1-2-3-17-4-13-25(33-16-17)19-5-9-21(10-6-19)27(31,32)34-22-11-7-18(8-12-22)20-14-23(28)26(30)24(29)15-20/h17-26H,2-16H2,1H3. The van der Waals surface area contributed by atoms with Gasteiger partial charge in [0.1, 0.15) is 12.3 Å². The molecular weight excluding hydrogens is 451 g/mol. The van der Waals surface area contributed by atoms with Crippen LogP contribution in [-0.2, 0) is 9.47 Å². The Morgan fingerprint density at radius 2 is 1.38 bits per heavy atom. The van der Waals surface area contributed by atoms with E-state index >= 15 is 8.78 Å². The fraction of sp³-hybridized carbons (Fsp3) is 1.00. The quantitative estimate of drug-likeness (QED) is 0.334. The Balaban J connectivity index is 1.18. The van der Waals surface area contributed by atoms with Crippen LogP contribution < -0.4 is 0 Å². The molecule has 0 radical (unpaired) electrons. The van der Waals surface area contributed by atoms with Gasteiger partial charge in [0, 0.05) is 6.61 Å². The fourth-order valence-electron chi connectivity index (χ4n) is 7.20. The molecule has 0 aromatic carbocycles. The zero-order chi connectivity index (χ0) is 24.3. The summed E-state index contributed by atoms with van der Waals surface area (Å²) < 4.78 is 82.5. The average molecular weight is 495 g/mol. The van der Waals surface area contributed by atoms with Crippen LogP contribution in [0.3, 0.4) is 0 Å². The molecule has 4 atom stereocenters. The molecule has 2 nitrogen and oxygen atoms in total. The highest BCUT2D eigenvalue weighted by Crippen LogP contribution is 2.46. The molecule has 7 heteroatoms. The van der Waals surface area contributed by atoms with Gasteiger partial charge in [0.15, 0.2) is 6.17 Å². The van der Waals surface area contributed by atoms with E-state index in [1.54, 1.807) is 0 Å². The summed E-state index contributed by atoms with van der Waals surface area (Å²) in [6.45, 7) is 3.01. The van der Waals surface area contributed by atoms with Crippen molar-refractivity contribution in [3.63, 3.8) is 0 Å². The summed E-state index contributed by atoms with van der Waals surface area (Å²) >= 11 is 0. The third-order valence-corrected chi connectivity index (χ3v) is 9.33. The largest absolute Gasteiger partial charge is 0.378 e. The first-order chi connectivity index (χ1) is 16.3. The first kappa shape index (κ1) is 26.6. The van der Waals surface area contributed by atoms with Crippen LogP contribution in [0.5, 0.6) is 0 Å². The maximum Gasteiger partial charge on any atom is 0.358 e. The normalized spacial score (nSPS) is 44.6. The second-order valence-electron chi connectivity index (χ2n) is 11.6. The van der Waals surface area contributed by atoms with Gasteiger partial charge in [-0.3, -0.25) is 0 Å². The second-order valence-corrected chi connectivity index (χ2v) is 11.6. The maximum atomic E-state index is 15.0. The molecule has 1 heterocycles. The lowest BCUT2D eigenvalue weighted by molar-refractivity contribution is -0.303. The molecule has 0 spiro atoms. The van der Waals surface area contributed by atoms with Gasteiger partial charge in [0.2, 0.25) is 0 Å². The van der Waals surface area contributed by atoms with Gasteiger partial charge >= 0.3 is 6.11 Å². The molecule has 1 aliphatic heterocycles. The molecule has 0 bridgehead atoms. The zero-order valence-electron chi connectivity index (χ0n) is 20.6. The highest BCUT2D eigenvalue weighted by atomic mass is 19.3. The smallest absolute Gasteiger partial charge is 0.358 e. The molecule has 34 heavy (non-hydrogen) atoms. The van der Waals surface area contributed by atoms with E-state index in [2.05, 4.69) is 6.92 Å². The van der Waals surface area contributed by atoms with E-state index < -0.39 is 36.6 Å². The minimum absolute atomic E-state index is 0.0428. The molecule has 4 fully saturated rings. The van der Waals surface area contributed by atoms with Crippen LogP contribution in [0.2, 0.25) is 0 Å². The molecule has 1 saturated heterocycles. The third kappa shape index (κ3) is 6.46. The summed E-state index contributed by atoms with van der Waals surface area (Å²) in [5.41, 5.74) is 0. The van der Waals surface area contributed by atoms with Crippen molar-refractivity contribution >= 4 is 0 Å². The summed E-state index contributed by atoms with van der Waals surface area (Å²) in [7, 11) is 0. The highest BCUT2D eigenvalue weighted by molar-refractivity contribution is 4.91. The van der Waals surface area contributed by atoms with E-state index in [4.69, 9.17) is 9.47 Å². The van der Waals surface area contributed by atoms with Crippen LogP contribution in [0.1, 0.15) is 96.8 Å². The Labute approximate surface area is 201 Å². The van der Waals surface area contributed by atoms with E-state index in [0.717, 1.165) is 25.9 Å². The van der Waals surface area contributed by atoms with E-state index in [1.807, 2.05) is 0 Å². The summed E-state index contributed by atoms with van der Waals surface area (Å²) in [6.07, 6.45) is 0.422. The van der Waals surface area contributed by atoms with Crippen LogP contribution in [0.25, 0.3) is 0 Å². The Bertz CT molecular complexity index is 598. The lowest BCUT2D eigenvalue weighted by Gasteiger charge is -2.41. The maximum absolute atomic E-state index is 15.0. The predicted molar refractivity (Wildman–Crippen MR) is 122 cm³/mol. The van der Waals surface area contributed by atoms with Gasteiger partial charge in [-0.25, -0.2) is 13.2 Å². The average Bonchev–Trinajstić information content (AvgIpc) is 2.83. The van der Waals surface area contributed by atoms with E-state index in [0.29, 0.717) is 50.4 Å². The van der Waals surface area contributed by atoms with Crippen molar-refractivity contribution in [3.05, 3.63) is 0 Å². The van der Waals surface area contributed by atoms with Gasteiger partial charge < -0.3 is 9.47 Å². The van der Waals surface area contributed by atoms with Crippen molar-refractivity contribution < 1.29 is 31.4 Å². The van der Waals surface area contributed by atoms with Gasteiger partial charge in [-0.05, 0) is 107 Å². The Hall–Kier alpha value is -0.430. The van der Waals surface area contributed by atoms with Crippen LogP contribution in [0, 0.1) is 29.6 Å². The number of rotatable bonds is 7. The van der Waals surface area contributed by atoms with E-state index in [-0.39, 0.29) is 30.8 Å². The number of halogens is 5. The van der Waals surface area contributed by atoms with Crippen molar-refractivity contribution in [2.45, 2.75) is 134 Å². The minimum Gasteiger partial charge on any atom is -0.378 e. The van der Waals surface area contributed by atoms with Gasteiger partial charge in [-0.15, -0.1) is 0 Å². The summed E-state index contributed by atoms with van der Waals surface area (Å²) in [6, 6.07) is 0. The number of alkyl halides is 5. The van der Waals surface area contributed by atoms with Crippen molar-refractivity contribution in [3.8, 4) is 0 Å². The lowest BCUT2D eigenvalue weighted by atomic mass is 9.71. The number of hydrogen-bond donors (Lipinski definition) is 0. The van der Waals surface area contributed by atoms with Crippen molar-refractivity contribution in [1.82, 2.24) is 0 Å². The molecular formula is C27H43F5O2. The molecule has 0 aromatic heterocycles. The fourth-order valence-corrected chi connectivity index (χ4v) is 7.20.